The minimum Gasteiger partial charge on any atom is -0.486 e. The fourth-order valence-corrected chi connectivity index (χ4v) is 1.91. The minimum atomic E-state index is 0.000895. The monoisotopic (exact) mass is 227 g/mol. The van der Waals surface area contributed by atoms with Crippen LogP contribution < -0.4 is 10.1 Å². The van der Waals surface area contributed by atoms with Crippen molar-refractivity contribution in [3.05, 3.63) is 23.2 Å². The smallest absolute Gasteiger partial charge is 0.144 e. The first-order valence-corrected chi connectivity index (χ1v) is 5.42. The predicted molar refractivity (Wildman–Crippen MR) is 60.7 cm³/mol. The molecule has 82 valence electrons. The molecule has 1 aromatic carbocycles. The van der Waals surface area contributed by atoms with E-state index in [2.05, 4.69) is 5.32 Å². The number of hydrogen-bond acceptors (Lipinski definition) is 3. The molecule has 1 heterocycles. The fourth-order valence-electron chi connectivity index (χ4n) is 1.75. The molecule has 1 aliphatic rings. The summed E-state index contributed by atoms with van der Waals surface area (Å²) < 4.78 is 5.76. The number of fused-ring (bicyclic) bond motifs is 1. The average Bonchev–Trinajstić information content (AvgIpc) is 2.20. The Labute approximate surface area is 94.0 Å². The molecule has 3 nitrogen and oxygen atoms in total. The van der Waals surface area contributed by atoms with Crippen LogP contribution in [0, 0.1) is 0 Å². The number of aliphatic hydroxyl groups excluding tert-OH is 1. The summed E-state index contributed by atoms with van der Waals surface area (Å²) in [5, 5.41) is 12.9. The van der Waals surface area contributed by atoms with Gasteiger partial charge in [-0.1, -0.05) is 11.6 Å². The van der Waals surface area contributed by atoms with Crippen LogP contribution in [0.5, 0.6) is 5.75 Å². The second kappa shape index (κ2) is 4.29. The second-order valence-electron chi connectivity index (χ2n) is 3.74. The van der Waals surface area contributed by atoms with Gasteiger partial charge in [-0.25, -0.2) is 0 Å². The van der Waals surface area contributed by atoms with Crippen molar-refractivity contribution in [1.29, 1.82) is 0 Å². The molecule has 0 amide bonds. The Morgan fingerprint density at radius 2 is 2.33 bits per heavy atom. The van der Waals surface area contributed by atoms with Crippen molar-refractivity contribution in [1.82, 2.24) is 0 Å². The van der Waals surface area contributed by atoms with Crippen LogP contribution in [-0.4, -0.2) is 23.9 Å². The quantitative estimate of drug-likeness (QED) is 0.815. The molecule has 2 N–H and O–H groups in total. The van der Waals surface area contributed by atoms with Crippen molar-refractivity contribution in [2.45, 2.75) is 25.5 Å². The Morgan fingerprint density at radius 3 is 3.07 bits per heavy atom. The van der Waals surface area contributed by atoms with E-state index in [0.717, 1.165) is 11.4 Å². The van der Waals surface area contributed by atoms with Gasteiger partial charge in [0, 0.05) is 24.1 Å². The van der Waals surface area contributed by atoms with Crippen LogP contribution in [0.25, 0.3) is 0 Å². The summed E-state index contributed by atoms with van der Waals surface area (Å²) in [5.74, 6) is 0.763. The van der Waals surface area contributed by atoms with Crippen LogP contribution in [0.4, 0.5) is 5.69 Å². The predicted octanol–water partition coefficient (Wildman–Crippen LogP) is 2.28. The number of aliphatic hydroxyl groups is 1. The van der Waals surface area contributed by atoms with Gasteiger partial charge in [0.25, 0.3) is 0 Å². The number of hydrogen-bond donors (Lipinski definition) is 2. The number of halogens is 1. The van der Waals surface area contributed by atoms with Gasteiger partial charge in [0.1, 0.15) is 11.9 Å². The van der Waals surface area contributed by atoms with Gasteiger partial charge in [-0.15, -0.1) is 0 Å². The summed E-state index contributed by atoms with van der Waals surface area (Å²) >= 11 is 5.88. The molecule has 0 aliphatic carbocycles. The third-order valence-corrected chi connectivity index (χ3v) is 2.81. The SMILES string of the molecule is CC1Nc2ccc(Cl)cc2OC1CCO. The molecule has 0 aromatic heterocycles. The summed E-state index contributed by atoms with van der Waals surface area (Å²) in [7, 11) is 0. The van der Waals surface area contributed by atoms with Crippen molar-refractivity contribution >= 4 is 17.3 Å². The summed E-state index contributed by atoms with van der Waals surface area (Å²) in [6, 6.07) is 5.73. The molecule has 0 fully saturated rings. The van der Waals surface area contributed by atoms with Gasteiger partial charge in [0.2, 0.25) is 0 Å². The number of ether oxygens (including phenoxy) is 1. The highest BCUT2D eigenvalue weighted by molar-refractivity contribution is 6.30. The number of nitrogens with one attached hydrogen (secondary N) is 1. The first-order chi connectivity index (χ1) is 7.20. The highest BCUT2D eigenvalue weighted by Crippen LogP contribution is 2.34. The van der Waals surface area contributed by atoms with Crippen molar-refractivity contribution in [2.75, 3.05) is 11.9 Å². The highest BCUT2D eigenvalue weighted by atomic mass is 35.5. The molecule has 4 heteroatoms. The van der Waals surface area contributed by atoms with Crippen LogP contribution in [-0.2, 0) is 0 Å². The van der Waals surface area contributed by atoms with Crippen LogP contribution in [0.15, 0.2) is 18.2 Å². The molecule has 2 unspecified atom stereocenters. The summed E-state index contributed by atoms with van der Waals surface area (Å²) in [4.78, 5) is 0. The largest absolute Gasteiger partial charge is 0.486 e. The summed E-state index contributed by atoms with van der Waals surface area (Å²) in [5.41, 5.74) is 0.959. The van der Waals surface area contributed by atoms with Crippen LogP contribution in [0.2, 0.25) is 5.02 Å². The van der Waals surface area contributed by atoms with Crippen molar-refractivity contribution < 1.29 is 9.84 Å². The highest BCUT2D eigenvalue weighted by Gasteiger charge is 2.25. The fraction of sp³-hybridized carbons (Fsp3) is 0.455. The van der Waals surface area contributed by atoms with E-state index < -0.39 is 0 Å². The molecular weight excluding hydrogens is 214 g/mol. The van der Waals surface area contributed by atoms with E-state index in [9.17, 15) is 0 Å². The van der Waals surface area contributed by atoms with Gasteiger partial charge >= 0.3 is 0 Å². The molecule has 0 bridgehead atoms. The Hall–Kier alpha value is -0.930. The Kier molecular flexibility index (Phi) is 3.03. The third-order valence-electron chi connectivity index (χ3n) is 2.58. The molecule has 15 heavy (non-hydrogen) atoms. The number of anilines is 1. The molecule has 0 saturated carbocycles. The van der Waals surface area contributed by atoms with E-state index in [1.165, 1.54) is 0 Å². The standard InChI is InChI=1S/C11H14ClNO2/c1-7-10(4-5-14)15-11-6-8(12)2-3-9(11)13-7/h2-3,6-7,10,13-14H,4-5H2,1H3. The van der Waals surface area contributed by atoms with Crippen molar-refractivity contribution in [3.63, 3.8) is 0 Å². The maximum Gasteiger partial charge on any atom is 0.144 e. The van der Waals surface area contributed by atoms with Crippen molar-refractivity contribution in [3.8, 4) is 5.75 Å². The lowest BCUT2D eigenvalue weighted by atomic mass is 10.1. The summed E-state index contributed by atoms with van der Waals surface area (Å²) in [6.45, 7) is 2.17. The van der Waals surface area contributed by atoms with E-state index >= 15 is 0 Å². The molecular formula is C11H14ClNO2. The van der Waals surface area contributed by atoms with Crippen LogP contribution >= 0.6 is 11.6 Å². The molecule has 1 aromatic rings. The maximum atomic E-state index is 8.91. The zero-order chi connectivity index (χ0) is 10.8. The zero-order valence-electron chi connectivity index (χ0n) is 8.53. The van der Waals surface area contributed by atoms with Gasteiger partial charge < -0.3 is 15.2 Å². The molecule has 2 rings (SSSR count). The molecule has 0 spiro atoms. The van der Waals surface area contributed by atoms with Gasteiger partial charge in [0.15, 0.2) is 0 Å². The van der Waals surface area contributed by atoms with E-state index in [1.54, 1.807) is 6.07 Å². The van der Waals surface area contributed by atoms with Crippen molar-refractivity contribution in [2.24, 2.45) is 0 Å². The Balaban J connectivity index is 2.22. The molecule has 1 aliphatic heterocycles. The van der Waals surface area contributed by atoms with Gasteiger partial charge in [-0.2, -0.15) is 0 Å². The van der Waals surface area contributed by atoms with Gasteiger partial charge in [-0.05, 0) is 19.1 Å². The van der Waals surface area contributed by atoms with E-state index in [4.69, 9.17) is 21.4 Å². The normalized spacial score (nSPS) is 23.9. The first kappa shape index (κ1) is 10.6. The molecule has 0 saturated heterocycles. The minimum absolute atomic E-state index is 0.000895. The van der Waals surface area contributed by atoms with Gasteiger partial charge in [-0.3, -0.25) is 0 Å². The van der Waals surface area contributed by atoms with E-state index in [0.29, 0.717) is 11.4 Å². The lowest BCUT2D eigenvalue weighted by molar-refractivity contribution is 0.134. The molecule has 2 atom stereocenters. The van der Waals surface area contributed by atoms with E-state index in [-0.39, 0.29) is 18.8 Å². The lowest BCUT2D eigenvalue weighted by Crippen LogP contribution is -2.39. The maximum absolute atomic E-state index is 8.91. The Bertz CT molecular complexity index is 356. The second-order valence-corrected chi connectivity index (χ2v) is 4.18. The third kappa shape index (κ3) is 2.19. The Morgan fingerprint density at radius 1 is 1.53 bits per heavy atom. The van der Waals surface area contributed by atoms with Crippen LogP contribution in [0.3, 0.4) is 0 Å². The van der Waals surface area contributed by atoms with Crippen LogP contribution in [0.1, 0.15) is 13.3 Å². The summed E-state index contributed by atoms with van der Waals surface area (Å²) in [6.07, 6.45) is 0.626. The number of rotatable bonds is 2. The first-order valence-electron chi connectivity index (χ1n) is 5.04. The lowest BCUT2D eigenvalue weighted by Gasteiger charge is -2.32. The number of benzene rings is 1. The topological polar surface area (TPSA) is 41.5 Å². The van der Waals surface area contributed by atoms with E-state index in [1.807, 2.05) is 19.1 Å². The average molecular weight is 228 g/mol. The zero-order valence-corrected chi connectivity index (χ0v) is 9.29. The molecule has 0 radical (unpaired) electrons. The van der Waals surface area contributed by atoms with Gasteiger partial charge in [0.05, 0.1) is 11.7 Å².